The van der Waals surface area contributed by atoms with Crippen molar-refractivity contribution >= 4 is 62.7 Å². The minimum Gasteiger partial charge on any atom is -0.494 e. The predicted molar refractivity (Wildman–Crippen MR) is 250 cm³/mol. The molecule has 4 aromatic rings. The summed E-state index contributed by atoms with van der Waals surface area (Å²) in [5.74, 6) is -1.86. The second-order valence-corrected chi connectivity index (χ2v) is 17.3. The van der Waals surface area contributed by atoms with Crippen molar-refractivity contribution in [2.75, 3.05) is 52.4 Å². The third kappa shape index (κ3) is 15.4. The average Bonchev–Trinajstić information content (AvgIpc) is 3.79. The van der Waals surface area contributed by atoms with Gasteiger partial charge in [0.25, 0.3) is 0 Å². The number of thiazole rings is 1. The second kappa shape index (κ2) is 26.2. The van der Waals surface area contributed by atoms with E-state index in [1.807, 2.05) is 24.3 Å². The Morgan fingerprint density at radius 1 is 0.687 bits per heavy atom. The van der Waals surface area contributed by atoms with Gasteiger partial charge in [0.05, 0.1) is 73.6 Å². The molecule has 6 rings (SSSR count). The van der Waals surface area contributed by atoms with Crippen molar-refractivity contribution in [1.82, 2.24) is 4.98 Å². The summed E-state index contributed by atoms with van der Waals surface area (Å²) >= 11 is 1.44. The molecule has 2 aliphatic carbocycles. The molecule has 17 heteroatoms. The van der Waals surface area contributed by atoms with Crippen molar-refractivity contribution in [2.45, 2.75) is 77.0 Å². The number of nitrogens with zero attached hydrogens (tertiary/aromatic N) is 3. The Hall–Kier alpha value is -6.17. The number of rotatable bonds is 24. The van der Waals surface area contributed by atoms with Gasteiger partial charge in [0, 0.05) is 18.7 Å². The Bertz CT molecular complexity index is 2270. The number of carbonyl (C=O) groups is 5. The highest BCUT2D eigenvalue weighted by Crippen LogP contribution is 2.35. The molecular formula is C50H59N3O13S. The Morgan fingerprint density at radius 3 is 1.90 bits per heavy atom. The zero-order valence-corrected chi connectivity index (χ0v) is 38.9. The van der Waals surface area contributed by atoms with Crippen molar-refractivity contribution in [3.05, 3.63) is 84.9 Å². The van der Waals surface area contributed by atoms with E-state index in [0.29, 0.717) is 100.0 Å². The molecule has 3 aromatic carbocycles. The first-order chi connectivity index (χ1) is 32.6. The van der Waals surface area contributed by atoms with Crippen molar-refractivity contribution in [1.29, 1.82) is 0 Å². The zero-order chi connectivity index (χ0) is 47.4. The van der Waals surface area contributed by atoms with Gasteiger partial charge < -0.3 is 37.9 Å². The summed E-state index contributed by atoms with van der Waals surface area (Å²) in [4.78, 5) is 68.2. The normalized spacial score (nSPS) is 18.2. The number of aromatic nitrogens is 1. The largest absolute Gasteiger partial charge is 0.494 e. The van der Waals surface area contributed by atoms with Crippen LogP contribution in [0.3, 0.4) is 0 Å². The average molecular weight is 942 g/mol. The monoisotopic (exact) mass is 941 g/mol. The molecule has 0 radical (unpaired) electrons. The van der Waals surface area contributed by atoms with Crippen LogP contribution in [0.4, 0.5) is 5.13 Å². The molecular weight excluding hydrogens is 883 g/mol. The highest BCUT2D eigenvalue weighted by molar-refractivity contribution is 7.22. The van der Waals surface area contributed by atoms with Gasteiger partial charge in [-0.1, -0.05) is 30.0 Å². The van der Waals surface area contributed by atoms with E-state index in [1.54, 1.807) is 54.6 Å². The Labute approximate surface area is 394 Å². The van der Waals surface area contributed by atoms with E-state index in [-0.39, 0.29) is 42.0 Å². The van der Waals surface area contributed by atoms with Gasteiger partial charge in [-0.3, -0.25) is 19.2 Å². The molecule has 0 bridgehead atoms. The fourth-order valence-electron chi connectivity index (χ4n) is 7.79. The summed E-state index contributed by atoms with van der Waals surface area (Å²) in [5, 5.41) is 6.88. The first kappa shape index (κ1) is 50.2. The zero-order valence-electron chi connectivity index (χ0n) is 38.1. The van der Waals surface area contributed by atoms with Crippen LogP contribution < -0.4 is 24.0 Å². The topological polar surface area (TPSA) is 188 Å². The Balaban J connectivity index is 1.04. The Morgan fingerprint density at radius 2 is 1.27 bits per heavy atom. The van der Waals surface area contributed by atoms with Crippen LogP contribution >= 0.6 is 11.3 Å². The molecule has 2 aliphatic rings. The lowest BCUT2D eigenvalue weighted by atomic mass is 9.82. The van der Waals surface area contributed by atoms with Crippen molar-refractivity contribution in [3.8, 4) is 23.0 Å². The first-order valence-electron chi connectivity index (χ1n) is 22.8. The van der Waals surface area contributed by atoms with E-state index in [4.69, 9.17) is 48.0 Å². The second-order valence-electron chi connectivity index (χ2n) is 16.3. The summed E-state index contributed by atoms with van der Waals surface area (Å²) in [6.07, 6.45) is 9.94. The van der Waals surface area contributed by atoms with Crippen LogP contribution in [0.25, 0.3) is 10.2 Å². The van der Waals surface area contributed by atoms with Crippen molar-refractivity contribution in [2.24, 2.45) is 28.8 Å². The SMILES string of the molecule is C=CC(=O)OCCCCCCOc1ccc(OC(=O)C2CCC(C(=O)Oc3ccc(OC(=O)C4CCC(C(=O)OC)CC4)c(C=NN(COCCOC)c4nc5ccccc5s4)c3)CC2)cc1. The third-order valence-corrected chi connectivity index (χ3v) is 12.7. The lowest BCUT2D eigenvalue weighted by Crippen LogP contribution is -2.30. The van der Waals surface area contributed by atoms with E-state index >= 15 is 0 Å². The van der Waals surface area contributed by atoms with E-state index in [9.17, 15) is 24.0 Å². The van der Waals surface area contributed by atoms with E-state index in [2.05, 4.69) is 6.58 Å². The lowest BCUT2D eigenvalue weighted by molar-refractivity contribution is -0.149. The maximum Gasteiger partial charge on any atom is 0.330 e. The maximum absolute atomic E-state index is 13.6. The molecule has 67 heavy (non-hydrogen) atoms. The summed E-state index contributed by atoms with van der Waals surface area (Å²) in [5.41, 5.74) is 1.17. The number of methoxy groups -OCH3 is 2. The molecule has 358 valence electrons. The quantitative estimate of drug-likeness (QED) is 0.0123. The van der Waals surface area contributed by atoms with Crippen LogP contribution in [0.2, 0.25) is 0 Å². The highest BCUT2D eigenvalue weighted by atomic mass is 32.1. The molecule has 1 heterocycles. The van der Waals surface area contributed by atoms with Gasteiger partial charge in [-0.2, -0.15) is 5.10 Å². The number of ether oxygens (including phenoxy) is 8. The van der Waals surface area contributed by atoms with Crippen LogP contribution in [0.15, 0.2) is 84.5 Å². The molecule has 0 atom stereocenters. The van der Waals surface area contributed by atoms with Crippen molar-refractivity contribution in [3.63, 3.8) is 0 Å². The van der Waals surface area contributed by atoms with E-state index in [0.717, 1.165) is 42.0 Å². The fourth-order valence-corrected chi connectivity index (χ4v) is 8.70. The summed E-state index contributed by atoms with van der Waals surface area (Å²) in [7, 11) is 2.95. The maximum atomic E-state index is 13.6. The lowest BCUT2D eigenvalue weighted by Gasteiger charge is -2.26. The molecule has 0 unspecified atom stereocenters. The van der Waals surface area contributed by atoms with Crippen molar-refractivity contribution < 1.29 is 61.9 Å². The number of unbranched alkanes of at least 4 members (excludes halogenated alkanes) is 3. The predicted octanol–water partition coefficient (Wildman–Crippen LogP) is 8.63. The number of para-hydroxylation sites is 1. The number of hydrazone groups is 1. The molecule has 0 N–H and O–H groups in total. The highest BCUT2D eigenvalue weighted by Gasteiger charge is 2.34. The van der Waals surface area contributed by atoms with Gasteiger partial charge in [-0.15, -0.1) is 0 Å². The molecule has 0 aliphatic heterocycles. The van der Waals surface area contributed by atoms with E-state index < -0.39 is 29.7 Å². The molecule has 16 nitrogen and oxygen atoms in total. The summed E-state index contributed by atoms with van der Waals surface area (Å²) < 4.78 is 45.2. The summed E-state index contributed by atoms with van der Waals surface area (Å²) in [6, 6.07) is 19.4. The fraction of sp³-hybridized carbons (Fsp3) is 0.460. The number of hydrogen-bond acceptors (Lipinski definition) is 17. The standard InChI is InChI=1S/C50H59N3O13S/c1-4-45(54)63-28-10-6-5-9-27-62-39-21-23-40(24-22-39)64-47(56)35-17-19-36(20-18-35)48(57)65-41-25-26-43(66-49(58)37-15-13-34(14-16-37)46(55)60-3)38(31-41)32-51-53(33-61-30-29-59-2)50-52-42-11-7-8-12-44(42)67-50/h4,7-8,11-12,21-26,31-32,34-37H,1,5-6,9-10,13-20,27-30,33H2,2-3H3. The molecule has 2 saturated carbocycles. The molecule has 0 amide bonds. The minimum absolute atomic E-state index is 0.0481. The Kier molecular flexibility index (Phi) is 19.7. The number of esters is 5. The molecule has 1 aromatic heterocycles. The van der Waals surface area contributed by atoms with Crippen LogP contribution in [0.5, 0.6) is 23.0 Å². The molecule has 0 spiro atoms. The van der Waals surface area contributed by atoms with Gasteiger partial charge in [-0.05, 0) is 132 Å². The number of hydrogen-bond donors (Lipinski definition) is 0. The van der Waals surface area contributed by atoms with Crippen LogP contribution in [0.1, 0.15) is 82.6 Å². The van der Waals surface area contributed by atoms with Crippen LogP contribution in [0, 0.1) is 23.7 Å². The third-order valence-electron chi connectivity index (χ3n) is 11.6. The minimum atomic E-state index is -0.441. The first-order valence-corrected chi connectivity index (χ1v) is 23.6. The number of fused-ring (bicyclic) bond motifs is 1. The number of benzene rings is 3. The van der Waals surface area contributed by atoms with Crippen LogP contribution in [-0.4, -0.2) is 88.4 Å². The van der Waals surface area contributed by atoms with Gasteiger partial charge in [-0.25, -0.2) is 14.8 Å². The number of anilines is 1. The smallest absolute Gasteiger partial charge is 0.330 e. The molecule has 2 fully saturated rings. The van der Waals surface area contributed by atoms with Gasteiger partial charge in [0.2, 0.25) is 5.13 Å². The number of carbonyl (C=O) groups excluding carboxylic acids is 5. The van der Waals surface area contributed by atoms with Crippen LogP contribution in [-0.2, 0) is 42.9 Å². The molecule has 0 saturated heterocycles. The van der Waals surface area contributed by atoms with Gasteiger partial charge in [0.1, 0.15) is 29.7 Å². The van der Waals surface area contributed by atoms with E-state index in [1.165, 1.54) is 24.7 Å². The van der Waals surface area contributed by atoms with Gasteiger partial charge >= 0.3 is 29.8 Å². The summed E-state index contributed by atoms with van der Waals surface area (Å²) in [6.45, 7) is 5.04. The van der Waals surface area contributed by atoms with Gasteiger partial charge in [0.15, 0.2) is 0 Å².